The second-order valence-corrected chi connectivity index (χ2v) is 12.8. The Morgan fingerprint density at radius 3 is 1.80 bits per heavy atom. The van der Waals surface area contributed by atoms with Gasteiger partial charge in [0.1, 0.15) is 0 Å². The molecule has 7 heteroatoms. The number of alkyl halides is 1. The van der Waals surface area contributed by atoms with E-state index in [1.807, 2.05) is 113 Å². The molecular formula is C38H37BrCl2N2O2. The van der Waals surface area contributed by atoms with Crippen molar-refractivity contribution in [1.29, 1.82) is 0 Å². The van der Waals surface area contributed by atoms with E-state index in [4.69, 9.17) is 23.2 Å². The number of aromatic nitrogens is 2. The van der Waals surface area contributed by atoms with Crippen LogP contribution >= 0.6 is 39.1 Å². The van der Waals surface area contributed by atoms with Crippen LogP contribution in [0, 0.1) is 11.8 Å². The van der Waals surface area contributed by atoms with E-state index in [9.17, 15) is 9.59 Å². The zero-order valence-corrected chi connectivity index (χ0v) is 29.0. The average Bonchev–Trinajstić information content (AvgIpc) is 3.62. The Kier molecular flexibility index (Phi) is 12.2. The van der Waals surface area contributed by atoms with Gasteiger partial charge in [-0.1, -0.05) is 127 Å². The van der Waals surface area contributed by atoms with Gasteiger partial charge in [0.05, 0.1) is 11.4 Å². The number of benzene rings is 4. The standard InChI is InChI=1S/C19H18ClNO.C12H12ClNO.C7H7Br/c1-13(2)19(22)18-11-15-10-16(20)8-9-17(15)21(18)12-14-6-4-3-5-7-14;1-7(2)12(15)11-6-8-5-9(13)3-4-10(8)14-11;8-6-7-4-2-1-3-5-7/h3-11,13H,12H2,1-2H3;3-7,14H,1-2H3;1-5H,6H2. The Morgan fingerprint density at radius 1 is 0.689 bits per heavy atom. The molecule has 0 spiro atoms. The van der Waals surface area contributed by atoms with Crippen molar-refractivity contribution in [3.8, 4) is 0 Å². The molecule has 2 aromatic heterocycles. The number of nitrogens with zero attached hydrogens (tertiary/aromatic N) is 1. The number of H-pyrrole nitrogens is 1. The molecule has 0 saturated heterocycles. The number of fused-ring (bicyclic) bond motifs is 2. The van der Waals surface area contributed by atoms with Crippen LogP contribution in [-0.4, -0.2) is 21.1 Å². The van der Waals surface area contributed by atoms with Crippen molar-refractivity contribution >= 4 is 72.5 Å². The highest BCUT2D eigenvalue weighted by Crippen LogP contribution is 2.26. The van der Waals surface area contributed by atoms with Crippen molar-refractivity contribution in [2.24, 2.45) is 11.8 Å². The molecule has 0 saturated carbocycles. The lowest BCUT2D eigenvalue weighted by Crippen LogP contribution is -2.14. The van der Waals surface area contributed by atoms with Crippen LogP contribution < -0.4 is 0 Å². The van der Waals surface area contributed by atoms with Crippen LogP contribution in [0.3, 0.4) is 0 Å². The number of nitrogens with one attached hydrogen (secondary N) is 1. The van der Waals surface area contributed by atoms with Crippen LogP contribution in [0.1, 0.15) is 59.8 Å². The lowest BCUT2D eigenvalue weighted by atomic mass is 10.1. The summed E-state index contributed by atoms with van der Waals surface area (Å²) in [6.45, 7) is 8.32. The van der Waals surface area contributed by atoms with Crippen molar-refractivity contribution in [3.63, 3.8) is 0 Å². The number of rotatable bonds is 7. The van der Waals surface area contributed by atoms with Gasteiger partial charge >= 0.3 is 0 Å². The van der Waals surface area contributed by atoms with E-state index in [0.717, 1.165) is 32.8 Å². The number of halogens is 3. The predicted molar refractivity (Wildman–Crippen MR) is 193 cm³/mol. The number of carbonyl (C=O) groups is 2. The highest BCUT2D eigenvalue weighted by atomic mass is 79.9. The molecule has 0 aliphatic heterocycles. The fourth-order valence-corrected chi connectivity index (χ4v) is 5.53. The Balaban J connectivity index is 0.000000172. The summed E-state index contributed by atoms with van der Waals surface area (Å²) in [5.41, 5.74) is 5.89. The van der Waals surface area contributed by atoms with E-state index in [-0.39, 0.29) is 23.4 Å². The van der Waals surface area contributed by atoms with Crippen molar-refractivity contribution in [3.05, 3.63) is 142 Å². The summed E-state index contributed by atoms with van der Waals surface area (Å²) in [4.78, 5) is 27.4. The first-order valence-corrected chi connectivity index (χ1v) is 16.7. The molecule has 2 heterocycles. The first-order valence-electron chi connectivity index (χ1n) is 14.9. The minimum atomic E-state index is -0.0330. The van der Waals surface area contributed by atoms with Gasteiger partial charge < -0.3 is 9.55 Å². The van der Waals surface area contributed by atoms with Crippen LogP contribution in [0.4, 0.5) is 0 Å². The number of hydrogen-bond acceptors (Lipinski definition) is 2. The van der Waals surface area contributed by atoms with Crippen LogP contribution in [0.5, 0.6) is 0 Å². The first-order chi connectivity index (χ1) is 21.6. The molecule has 0 aliphatic rings. The summed E-state index contributed by atoms with van der Waals surface area (Å²) in [5, 5.41) is 4.31. The molecular weight excluding hydrogens is 667 g/mol. The SMILES string of the molecule is BrCc1ccccc1.CC(C)C(=O)c1cc2cc(Cl)ccc2[nH]1.CC(C)C(=O)c1cc2cc(Cl)ccc2n1Cc1ccccc1. The van der Waals surface area contributed by atoms with Gasteiger partial charge in [-0.3, -0.25) is 9.59 Å². The van der Waals surface area contributed by atoms with Gasteiger partial charge in [0.2, 0.25) is 0 Å². The molecule has 45 heavy (non-hydrogen) atoms. The number of Topliss-reactive ketones (excluding diaryl/α,β-unsaturated/α-hetero) is 2. The Morgan fingerprint density at radius 2 is 1.24 bits per heavy atom. The third-order valence-electron chi connectivity index (χ3n) is 7.19. The van der Waals surface area contributed by atoms with Gasteiger partial charge in [-0.2, -0.15) is 0 Å². The Labute approximate surface area is 283 Å². The molecule has 232 valence electrons. The lowest BCUT2D eigenvalue weighted by molar-refractivity contribution is 0.0925. The molecule has 0 bridgehead atoms. The minimum Gasteiger partial charge on any atom is -0.352 e. The minimum absolute atomic E-state index is 0.00790. The summed E-state index contributed by atoms with van der Waals surface area (Å²) in [6.07, 6.45) is 0. The number of aromatic amines is 1. The summed E-state index contributed by atoms with van der Waals surface area (Å²) >= 11 is 15.3. The van der Waals surface area contributed by atoms with E-state index >= 15 is 0 Å². The lowest BCUT2D eigenvalue weighted by Gasteiger charge is -2.12. The zero-order chi connectivity index (χ0) is 32.5. The molecule has 4 aromatic carbocycles. The number of hydrogen-bond donors (Lipinski definition) is 1. The second kappa shape index (κ2) is 16.1. The highest BCUT2D eigenvalue weighted by molar-refractivity contribution is 9.08. The largest absolute Gasteiger partial charge is 0.352 e. The van der Waals surface area contributed by atoms with Gasteiger partial charge in [0, 0.05) is 55.6 Å². The zero-order valence-electron chi connectivity index (χ0n) is 25.9. The average molecular weight is 705 g/mol. The molecule has 0 fully saturated rings. The Bertz CT molecular complexity index is 1880. The van der Waals surface area contributed by atoms with Crippen LogP contribution in [-0.2, 0) is 11.9 Å². The van der Waals surface area contributed by atoms with Gasteiger partial charge in [-0.25, -0.2) is 0 Å². The van der Waals surface area contributed by atoms with Crippen molar-refractivity contribution in [1.82, 2.24) is 9.55 Å². The van der Waals surface area contributed by atoms with Gasteiger partial charge in [-0.05, 0) is 59.7 Å². The van der Waals surface area contributed by atoms with Crippen LogP contribution in [0.25, 0.3) is 21.8 Å². The molecule has 4 nitrogen and oxygen atoms in total. The highest BCUT2D eigenvalue weighted by Gasteiger charge is 2.18. The van der Waals surface area contributed by atoms with E-state index in [0.29, 0.717) is 22.3 Å². The van der Waals surface area contributed by atoms with E-state index < -0.39 is 0 Å². The molecule has 0 radical (unpaired) electrons. The smallest absolute Gasteiger partial charge is 0.181 e. The monoisotopic (exact) mass is 702 g/mol. The molecule has 0 unspecified atom stereocenters. The van der Waals surface area contributed by atoms with Crippen LogP contribution in [0.15, 0.2) is 109 Å². The maximum absolute atomic E-state index is 12.6. The molecule has 6 rings (SSSR count). The topological polar surface area (TPSA) is 54.9 Å². The normalized spacial score (nSPS) is 10.9. The van der Waals surface area contributed by atoms with Crippen molar-refractivity contribution in [2.45, 2.75) is 39.6 Å². The molecule has 1 N–H and O–H groups in total. The second-order valence-electron chi connectivity index (χ2n) is 11.4. The van der Waals surface area contributed by atoms with E-state index in [2.05, 4.69) is 49.7 Å². The predicted octanol–water partition coefficient (Wildman–Crippen LogP) is 11.4. The molecule has 6 aromatic rings. The van der Waals surface area contributed by atoms with Gasteiger partial charge in [0.15, 0.2) is 11.6 Å². The van der Waals surface area contributed by atoms with Crippen molar-refractivity contribution in [2.75, 3.05) is 0 Å². The first kappa shape index (κ1) is 34.2. The summed E-state index contributed by atoms with van der Waals surface area (Å²) in [7, 11) is 0. The maximum Gasteiger partial charge on any atom is 0.181 e. The van der Waals surface area contributed by atoms with Crippen LogP contribution in [0.2, 0.25) is 10.0 Å². The summed E-state index contributed by atoms with van der Waals surface area (Å²) in [6, 6.07) is 35.6. The van der Waals surface area contributed by atoms with Gasteiger partial charge in [0.25, 0.3) is 0 Å². The number of carbonyl (C=O) groups excluding carboxylic acids is 2. The number of ketones is 2. The third-order valence-corrected chi connectivity index (χ3v) is 8.31. The Hall–Kier alpha value is -3.64. The summed E-state index contributed by atoms with van der Waals surface area (Å²) in [5.74, 6) is 0.258. The molecule has 0 amide bonds. The molecule has 0 aliphatic carbocycles. The van der Waals surface area contributed by atoms with Crippen molar-refractivity contribution < 1.29 is 9.59 Å². The van der Waals surface area contributed by atoms with E-state index in [1.165, 1.54) is 11.1 Å². The van der Waals surface area contributed by atoms with Gasteiger partial charge in [-0.15, -0.1) is 0 Å². The fourth-order valence-electron chi connectivity index (χ4n) is 4.79. The third kappa shape index (κ3) is 9.20. The molecule has 0 atom stereocenters. The fraction of sp³-hybridized carbons (Fsp3) is 0.211. The quantitative estimate of drug-likeness (QED) is 0.133. The summed E-state index contributed by atoms with van der Waals surface area (Å²) < 4.78 is 2.09. The van der Waals surface area contributed by atoms with E-state index in [1.54, 1.807) is 0 Å². The maximum atomic E-state index is 12.6.